The topological polar surface area (TPSA) is 128 Å². The predicted molar refractivity (Wildman–Crippen MR) is 101 cm³/mol. The fraction of sp³-hybridized carbons (Fsp3) is 0.167. The van der Waals surface area contributed by atoms with Gasteiger partial charge in [-0.1, -0.05) is 17.7 Å². The highest BCUT2D eigenvalue weighted by molar-refractivity contribution is 6.30. The number of nitro groups is 1. The number of nitrogens with zero attached hydrogens (tertiary/aromatic N) is 1. The Labute approximate surface area is 164 Å². The molecule has 0 spiro atoms. The maximum atomic E-state index is 12.0. The molecule has 0 aliphatic rings. The number of benzene rings is 2. The van der Waals surface area contributed by atoms with Crippen LogP contribution in [0, 0.1) is 10.1 Å². The van der Waals surface area contributed by atoms with E-state index in [9.17, 15) is 24.5 Å². The van der Waals surface area contributed by atoms with E-state index < -0.39 is 35.4 Å². The zero-order valence-corrected chi connectivity index (χ0v) is 15.4. The van der Waals surface area contributed by atoms with Crippen LogP contribution in [0.5, 0.6) is 0 Å². The van der Waals surface area contributed by atoms with Crippen molar-refractivity contribution in [2.45, 2.75) is 13.0 Å². The van der Waals surface area contributed by atoms with E-state index in [0.717, 1.165) is 6.07 Å². The van der Waals surface area contributed by atoms with Crippen LogP contribution < -0.4 is 10.6 Å². The molecule has 2 aromatic rings. The summed E-state index contributed by atoms with van der Waals surface area (Å²) in [6, 6.07) is 11.4. The van der Waals surface area contributed by atoms with Crippen molar-refractivity contribution in [1.29, 1.82) is 0 Å². The number of halogens is 1. The van der Waals surface area contributed by atoms with E-state index in [1.54, 1.807) is 24.3 Å². The lowest BCUT2D eigenvalue weighted by molar-refractivity contribution is -0.384. The Bertz CT molecular complexity index is 900. The highest BCUT2D eigenvalue weighted by Crippen LogP contribution is 2.14. The van der Waals surface area contributed by atoms with Gasteiger partial charge >= 0.3 is 5.97 Å². The van der Waals surface area contributed by atoms with E-state index in [0.29, 0.717) is 10.7 Å². The minimum absolute atomic E-state index is 0.0236. The molecule has 146 valence electrons. The van der Waals surface area contributed by atoms with E-state index in [1.807, 2.05) is 0 Å². The fourth-order valence-electron chi connectivity index (χ4n) is 2.08. The summed E-state index contributed by atoms with van der Waals surface area (Å²) in [5, 5.41) is 16.1. The number of nitro benzene ring substituents is 1. The first kappa shape index (κ1) is 20.8. The Morgan fingerprint density at radius 2 is 1.86 bits per heavy atom. The van der Waals surface area contributed by atoms with Gasteiger partial charge in [0.15, 0.2) is 6.10 Å². The molecule has 9 nitrogen and oxygen atoms in total. The third-order valence-electron chi connectivity index (χ3n) is 3.50. The van der Waals surface area contributed by atoms with Crippen LogP contribution >= 0.6 is 11.6 Å². The molecule has 0 radical (unpaired) electrons. The quantitative estimate of drug-likeness (QED) is 0.414. The fourth-order valence-corrected chi connectivity index (χ4v) is 2.21. The summed E-state index contributed by atoms with van der Waals surface area (Å²) in [6.07, 6.45) is -1.10. The van der Waals surface area contributed by atoms with Gasteiger partial charge in [0, 0.05) is 28.4 Å². The summed E-state index contributed by atoms with van der Waals surface area (Å²) in [5.74, 6) is -2.07. The molecule has 0 aliphatic carbocycles. The molecular formula is C18H16ClN3O6. The first-order chi connectivity index (χ1) is 13.3. The molecule has 2 aromatic carbocycles. The number of carbonyl (C=O) groups is 3. The highest BCUT2D eigenvalue weighted by Gasteiger charge is 2.19. The molecule has 28 heavy (non-hydrogen) atoms. The number of esters is 1. The summed E-state index contributed by atoms with van der Waals surface area (Å²) < 4.78 is 4.96. The van der Waals surface area contributed by atoms with Gasteiger partial charge in [-0.25, -0.2) is 0 Å². The Morgan fingerprint density at radius 1 is 1.18 bits per heavy atom. The van der Waals surface area contributed by atoms with Gasteiger partial charge in [0.1, 0.15) is 6.54 Å². The molecule has 0 saturated heterocycles. The van der Waals surface area contributed by atoms with Crippen molar-refractivity contribution in [3.8, 4) is 0 Å². The average molecular weight is 406 g/mol. The summed E-state index contributed by atoms with van der Waals surface area (Å²) in [4.78, 5) is 45.9. The normalized spacial score (nSPS) is 11.2. The molecule has 0 saturated carbocycles. The van der Waals surface area contributed by atoms with E-state index in [1.165, 1.54) is 25.1 Å². The van der Waals surface area contributed by atoms with Gasteiger partial charge in [-0.3, -0.25) is 24.5 Å². The zero-order chi connectivity index (χ0) is 20.7. The van der Waals surface area contributed by atoms with E-state index >= 15 is 0 Å². The molecule has 2 amide bonds. The van der Waals surface area contributed by atoms with Crippen molar-refractivity contribution in [3.63, 3.8) is 0 Å². The van der Waals surface area contributed by atoms with Crippen LogP contribution in [0.1, 0.15) is 17.3 Å². The number of carbonyl (C=O) groups excluding carboxylic acids is 3. The van der Waals surface area contributed by atoms with Gasteiger partial charge in [0.25, 0.3) is 17.5 Å². The molecule has 0 fully saturated rings. The molecule has 10 heteroatoms. The number of ether oxygens (including phenoxy) is 1. The van der Waals surface area contributed by atoms with Crippen molar-refractivity contribution in [3.05, 3.63) is 69.2 Å². The standard InChI is InChI=1S/C18H16ClN3O6/c1-11(17(24)21-14-7-5-13(19)6-8-14)28-16(23)10-20-18(25)12-3-2-4-15(9-12)22(26)27/h2-9,11H,10H2,1H3,(H,20,25)(H,21,24)/t11-/m0/s1. The molecule has 0 unspecified atom stereocenters. The van der Waals surface area contributed by atoms with Crippen molar-refractivity contribution in [2.24, 2.45) is 0 Å². The van der Waals surface area contributed by atoms with Crippen LogP contribution in [0.15, 0.2) is 48.5 Å². The number of non-ortho nitro benzene ring substituents is 1. The molecule has 0 aromatic heterocycles. The monoisotopic (exact) mass is 405 g/mol. The second kappa shape index (κ2) is 9.47. The first-order valence-corrected chi connectivity index (χ1v) is 8.42. The van der Waals surface area contributed by atoms with E-state index in [-0.39, 0.29) is 11.3 Å². The zero-order valence-electron chi connectivity index (χ0n) is 14.7. The number of amides is 2. The van der Waals surface area contributed by atoms with Gasteiger partial charge in [0.2, 0.25) is 0 Å². The van der Waals surface area contributed by atoms with Crippen molar-refractivity contribution < 1.29 is 24.0 Å². The maximum Gasteiger partial charge on any atom is 0.326 e. The van der Waals surface area contributed by atoms with E-state index in [4.69, 9.17) is 16.3 Å². The molecule has 2 N–H and O–H groups in total. The highest BCUT2D eigenvalue weighted by atomic mass is 35.5. The van der Waals surface area contributed by atoms with Crippen molar-refractivity contribution >= 4 is 40.8 Å². The Morgan fingerprint density at radius 3 is 2.50 bits per heavy atom. The van der Waals surface area contributed by atoms with Crippen molar-refractivity contribution in [1.82, 2.24) is 5.32 Å². The SMILES string of the molecule is C[C@H](OC(=O)CNC(=O)c1cccc([N+](=O)[O-])c1)C(=O)Nc1ccc(Cl)cc1. The van der Waals surface area contributed by atoms with E-state index in [2.05, 4.69) is 10.6 Å². The Balaban J connectivity index is 1.83. The second-order valence-electron chi connectivity index (χ2n) is 5.62. The van der Waals surface area contributed by atoms with Crippen LogP contribution in [-0.4, -0.2) is 35.4 Å². The van der Waals surface area contributed by atoms with Gasteiger partial charge < -0.3 is 15.4 Å². The third-order valence-corrected chi connectivity index (χ3v) is 3.75. The summed E-state index contributed by atoms with van der Waals surface area (Å²) in [6.45, 7) is 0.881. The number of anilines is 1. The van der Waals surface area contributed by atoms with Gasteiger partial charge in [-0.15, -0.1) is 0 Å². The smallest absolute Gasteiger partial charge is 0.326 e. The van der Waals surface area contributed by atoms with Crippen molar-refractivity contribution in [2.75, 3.05) is 11.9 Å². The van der Waals surface area contributed by atoms with Gasteiger partial charge in [-0.05, 0) is 37.3 Å². The summed E-state index contributed by atoms with van der Waals surface area (Å²) in [5.41, 5.74) is 0.259. The number of rotatable bonds is 7. The first-order valence-electron chi connectivity index (χ1n) is 8.05. The predicted octanol–water partition coefficient (Wildman–Crippen LogP) is 2.55. The molecule has 0 bridgehead atoms. The van der Waals surface area contributed by atoms with Crippen LogP contribution in [0.4, 0.5) is 11.4 Å². The maximum absolute atomic E-state index is 12.0. The number of nitrogens with one attached hydrogen (secondary N) is 2. The Hall–Kier alpha value is -3.46. The summed E-state index contributed by atoms with van der Waals surface area (Å²) in [7, 11) is 0. The minimum atomic E-state index is -1.10. The molecule has 0 aliphatic heterocycles. The van der Waals surface area contributed by atoms with Crippen LogP contribution in [0.25, 0.3) is 0 Å². The number of hydrogen-bond donors (Lipinski definition) is 2. The van der Waals surface area contributed by atoms with Crippen LogP contribution in [-0.2, 0) is 14.3 Å². The lowest BCUT2D eigenvalue weighted by atomic mass is 10.2. The third kappa shape index (κ3) is 6.06. The van der Waals surface area contributed by atoms with Gasteiger partial charge in [0.05, 0.1) is 4.92 Å². The van der Waals surface area contributed by atoms with Crippen LogP contribution in [0.2, 0.25) is 5.02 Å². The number of hydrogen-bond acceptors (Lipinski definition) is 6. The molecular weight excluding hydrogens is 390 g/mol. The average Bonchev–Trinajstić information content (AvgIpc) is 2.67. The lowest BCUT2D eigenvalue weighted by Gasteiger charge is -2.14. The largest absolute Gasteiger partial charge is 0.451 e. The van der Waals surface area contributed by atoms with Gasteiger partial charge in [-0.2, -0.15) is 0 Å². The van der Waals surface area contributed by atoms with Crippen LogP contribution in [0.3, 0.4) is 0 Å². The molecule has 2 rings (SSSR count). The Kier molecular flexibility index (Phi) is 7.05. The lowest BCUT2D eigenvalue weighted by Crippen LogP contribution is -2.35. The molecule has 1 atom stereocenters. The molecule has 0 heterocycles. The second-order valence-corrected chi connectivity index (χ2v) is 6.05. The minimum Gasteiger partial charge on any atom is -0.451 e. The summed E-state index contributed by atoms with van der Waals surface area (Å²) >= 11 is 5.76.